The van der Waals surface area contributed by atoms with E-state index in [0.717, 1.165) is 11.0 Å². The second-order valence-electron chi connectivity index (χ2n) is 5.55. The number of phenols is 1. The lowest BCUT2D eigenvalue weighted by atomic mass is 10.2. The molecule has 3 aromatic rings. The lowest BCUT2D eigenvalue weighted by Gasteiger charge is -2.10. The van der Waals surface area contributed by atoms with Crippen LogP contribution in [0, 0.1) is 0 Å². The van der Waals surface area contributed by atoms with Gasteiger partial charge in [0.05, 0.1) is 18.1 Å². The van der Waals surface area contributed by atoms with E-state index in [9.17, 15) is 5.11 Å². The number of hydrogen-bond donors (Lipinski definition) is 1. The van der Waals surface area contributed by atoms with Crippen molar-refractivity contribution in [1.29, 1.82) is 0 Å². The number of hydrogen-bond acceptors (Lipinski definition) is 4. The fourth-order valence-electron chi connectivity index (χ4n) is 2.52. The lowest BCUT2D eigenvalue weighted by molar-refractivity contribution is 0.412. The predicted octanol–water partition coefficient (Wildman–Crippen LogP) is 4.08. The lowest BCUT2D eigenvalue weighted by Crippen LogP contribution is -2.00. The number of para-hydroxylation sites is 2. The molecule has 2 aromatic carbocycles. The summed E-state index contributed by atoms with van der Waals surface area (Å²) in [6.45, 7) is 4.19. The normalized spacial score (nSPS) is 11.7. The van der Waals surface area contributed by atoms with Crippen LogP contribution in [-0.4, -0.2) is 28.0 Å². The minimum absolute atomic E-state index is 0.154. The second kappa shape index (κ2) is 6.12. The van der Waals surface area contributed by atoms with E-state index < -0.39 is 0 Å². The van der Waals surface area contributed by atoms with E-state index in [1.54, 1.807) is 31.5 Å². The Hall–Kier alpha value is -2.82. The zero-order chi connectivity index (χ0) is 16.4. The van der Waals surface area contributed by atoms with E-state index in [4.69, 9.17) is 4.74 Å². The molecule has 1 N–H and O–H groups in total. The third kappa shape index (κ3) is 2.90. The number of nitrogens with zero attached hydrogens (tertiary/aromatic N) is 3. The maximum Gasteiger partial charge on any atom is 0.230 e. The molecule has 0 aliphatic rings. The van der Waals surface area contributed by atoms with Crippen molar-refractivity contribution >= 4 is 23.2 Å². The van der Waals surface area contributed by atoms with Gasteiger partial charge in [-0.2, -0.15) is 0 Å². The first kappa shape index (κ1) is 15.1. The number of aromatic hydroxyl groups is 1. The molecule has 1 heterocycles. The van der Waals surface area contributed by atoms with E-state index in [-0.39, 0.29) is 11.8 Å². The van der Waals surface area contributed by atoms with Crippen molar-refractivity contribution in [3.05, 3.63) is 48.0 Å². The summed E-state index contributed by atoms with van der Waals surface area (Å²) in [6.07, 6.45) is 1.61. The number of benzene rings is 2. The van der Waals surface area contributed by atoms with Gasteiger partial charge >= 0.3 is 0 Å². The first-order chi connectivity index (χ1) is 11.1. The average Bonchev–Trinajstić information content (AvgIpc) is 2.92. The topological polar surface area (TPSA) is 59.6 Å². The molecule has 0 saturated heterocycles. The minimum atomic E-state index is 0.154. The summed E-state index contributed by atoms with van der Waals surface area (Å²) < 4.78 is 7.25. The molecule has 0 bridgehead atoms. The van der Waals surface area contributed by atoms with Gasteiger partial charge in [0.15, 0.2) is 0 Å². The average molecular weight is 309 g/mol. The Morgan fingerprint density at radius 1 is 1.22 bits per heavy atom. The molecule has 0 radical (unpaired) electrons. The summed E-state index contributed by atoms with van der Waals surface area (Å²) in [4.78, 5) is 9.06. The summed E-state index contributed by atoms with van der Waals surface area (Å²) in [5, 5.41) is 9.95. The Balaban J connectivity index is 2.06. The van der Waals surface area contributed by atoms with Gasteiger partial charge in [0.25, 0.3) is 0 Å². The highest BCUT2D eigenvalue weighted by atomic mass is 16.5. The Bertz CT molecular complexity index is 866. The molecule has 23 heavy (non-hydrogen) atoms. The molecular formula is C18H19N3O2. The fraction of sp³-hybridized carbons (Fsp3) is 0.222. The van der Waals surface area contributed by atoms with Gasteiger partial charge in [-0.1, -0.05) is 12.1 Å². The number of methoxy groups -OCH3 is 1. The van der Waals surface area contributed by atoms with Crippen LogP contribution in [0.3, 0.4) is 0 Å². The summed E-state index contributed by atoms with van der Waals surface area (Å²) in [5.74, 6) is 1.44. The summed E-state index contributed by atoms with van der Waals surface area (Å²) in [7, 11) is 1.59. The fourth-order valence-corrected chi connectivity index (χ4v) is 2.52. The largest absolute Gasteiger partial charge is 0.507 e. The highest BCUT2D eigenvalue weighted by molar-refractivity contribution is 5.86. The molecule has 0 spiro atoms. The Morgan fingerprint density at radius 3 is 2.74 bits per heavy atom. The molecule has 3 rings (SSSR count). The molecule has 5 heteroatoms. The second-order valence-corrected chi connectivity index (χ2v) is 5.55. The highest BCUT2D eigenvalue weighted by Crippen LogP contribution is 2.27. The van der Waals surface area contributed by atoms with Crippen LogP contribution in [0.15, 0.2) is 47.5 Å². The van der Waals surface area contributed by atoms with Gasteiger partial charge in [0, 0.05) is 17.8 Å². The summed E-state index contributed by atoms with van der Waals surface area (Å²) in [6, 6.07) is 13.2. The van der Waals surface area contributed by atoms with Gasteiger partial charge in [0.1, 0.15) is 11.5 Å². The van der Waals surface area contributed by atoms with E-state index in [1.165, 1.54) is 0 Å². The van der Waals surface area contributed by atoms with Crippen molar-refractivity contribution in [1.82, 2.24) is 9.55 Å². The van der Waals surface area contributed by atoms with Crippen molar-refractivity contribution in [3.8, 4) is 11.5 Å². The van der Waals surface area contributed by atoms with Crippen LogP contribution < -0.4 is 4.74 Å². The van der Waals surface area contributed by atoms with Crippen LogP contribution in [-0.2, 0) is 0 Å². The number of fused-ring (bicyclic) bond motifs is 1. The molecule has 0 fully saturated rings. The molecule has 0 amide bonds. The maximum atomic E-state index is 9.95. The maximum absolute atomic E-state index is 9.95. The molecule has 0 atom stereocenters. The molecule has 0 unspecified atom stereocenters. The predicted molar refractivity (Wildman–Crippen MR) is 92.0 cm³/mol. The third-order valence-electron chi connectivity index (χ3n) is 3.65. The van der Waals surface area contributed by atoms with E-state index in [0.29, 0.717) is 17.3 Å². The zero-order valence-electron chi connectivity index (χ0n) is 13.4. The van der Waals surface area contributed by atoms with Crippen LogP contribution >= 0.6 is 0 Å². The van der Waals surface area contributed by atoms with Crippen molar-refractivity contribution in [2.24, 2.45) is 4.99 Å². The number of phenolic OH excluding ortho intramolecular Hbond substituents is 1. The zero-order valence-corrected chi connectivity index (χ0v) is 13.4. The number of ether oxygens (including phenoxy) is 1. The van der Waals surface area contributed by atoms with Crippen LogP contribution in [0.25, 0.3) is 11.0 Å². The first-order valence-electron chi connectivity index (χ1n) is 7.48. The SMILES string of the molecule is COc1ccc(O)c(C=Nc2nc3ccccc3n2C(C)C)c1. The number of aromatic nitrogens is 2. The Morgan fingerprint density at radius 2 is 2.00 bits per heavy atom. The number of imidazole rings is 1. The van der Waals surface area contributed by atoms with Crippen molar-refractivity contribution in [2.75, 3.05) is 7.11 Å². The monoisotopic (exact) mass is 309 g/mol. The van der Waals surface area contributed by atoms with Crippen LogP contribution in [0.1, 0.15) is 25.5 Å². The van der Waals surface area contributed by atoms with E-state index in [1.807, 2.05) is 24.3 Å². The number of aliphatic imine (C=N–C) groups is 1. The molecule has 0 aliphatic heterocycles. The van der Waals surface area contributed by atoms with Gasteiger partial charge in [-0.3, -0.25) is 0 Å². The van der Waals surface area contributed by atoms with Crippen molar-refractivity contribution in [3.63, 3.8) is 0 Å². The smallest absolute Gasteiger partial charge is 0.230 e. The molecule has 118 valence electrons. The Labute approximate surface area is 134 Å². The molecule has 0 aliphatic carbocycles. The minimum Gasteiger partial charge on any atom is -0.507 e. The molecule has 1 aromatic heterocycles. The van der Waals surface area contributed by atoms with Crippen molar-refractivity contribution < 1.29 is 9.84 Å². The first-order valence-corrected chi connectivity index (χ1v) is 7.48. The molecule has 5 nitrogen and oxygen atoms in total. The van der Waals surface area contributed by atoms with E-state index in [2.05, 4.69) is 28.4 Å². The summed E-state index contributed by atoms with van der Waals surface area (Å²) >= 11 is 0. The highest BCUT2D eigenvalue weighted by Gasteiger charge is 2.12. The quantitative estimate of drug-likeness (QED) is 0.739. The van der Waals surface area contributed by atoms with Gasteiger partial charge < -0.3 is 14.4 Å². The standard InChI is InChI=1S/C18H19N3O2/c1-12(2)21-16-7-5-4-6-15(16)20-18(21)19-11-13-10-14(23-3)8-9-17(13)22/h4-12,22H,1-3H3. The van der Waals surface area contributed by atoms with Crippen LogP contribution in [0.2, 0.25) is 0 Å². The van der Waals surface area contributed by atoms with Gasteiger partial charge in [-0.25, -0.2) is 9.98 Å². The van der Waals surface area contributed by atoms with Crippen LogP contribution in [0.4, 0.5) is 5.95 Å². The van der Waals surface area contributed by atoms with E-state index >= 15 is 0 Å². The number of rotatable bonds is 4. The molecule has 0 saturated carbocycles. The summed E-state index contributed by atoms with van der Waals surface area (Å²) in [5.41, 5.74) is 2.54. The third-order valence-corrected chi connectivity index (χ3v) is 3.65. The van der Waals surface area contributed by atoms with Crippen LogP contribution in [0.5, 0.6) is 11.5 Å². The van der Waals surface area contributed by atoms with Gasteiger partial charge in [-0.15, -0.1) is 0 Å². The van der Waals surface area contributed by atoms with Gasteiger partial charge in [-0.05, 0) is 44.2 Å². The van der Waals surface area contributed by atoms with Crippen molar-refractivity contribution in [2.45, 2.75) is 19.9 Å². The van der Waals surface area contributed by atoms with Gasteiger partial charge in [0.2, 0.25) is 5.95 Å². The Kier molecular flexibility index (Phi) is 4.02. The molecular weight excluding hydrogens is 290 g/mol.